The van der Waals surface area contributed by atoms with Crippen molar-refractivity contribution < 1.29 is 14.3 Å². The first-order chi connectivity index (χ1) is 13.6. The molecule has 0 aliphatic carbocycles. The van der Waals surface area contributed by atoms with Crippen LogP contribution in [-0.2, 0) is 16.0 Å². The third-order valence-corrected chi connectivity index (χ3v) is 5.06. The number of benzene rings is 2. The molecule has 150 valence electrons. The molecule has 0 unspecified atom stereocenters. The molecule has 1 heterocycles. The molecule has 0 radical (unpaired) electrons. The third-order valence-electron chi connectivity index (χ3n) is 5.06. The van der Waals surface area contributed by atoms with E-state index in [1.165, 1.54) is 11.1 Å². The molecular weight excluding hydrogens is 352 g/mol. The monoisotopic (exact) mass is 382 g/mol. The van der Waals surface area contributed by atoms with Crippen LogP contribution >= 0.6 is 0 Å². The van der Waals surface area contributed by atoms with E-state index in [0.717, 1.165) is 44.8 Å². The highest BCUT2D eigenvalue weighted by Crippen LogP contribution is 2.17. The number of amides is 1. The van der Waals surface area contributed by atoms with Crippen molar-refractivity contribution in [3.05, 3.63) is 65.2 Å². The van der Waals surface area contributed by atoms with Crippen LogP contribution in [0.3, 0.4) is 0 Å². The number of carbonyl (C=O) groups excluding carboxylic acids is 1. The second-order valence-corrected chi connectivity index (χ2v) is 7.23. The van der Waals surface area contributed by atoms with Crippen LogP contribution in [0.25, 0.3) is 0 Å². The van der Waals surface area contributed by atoms with Gasteiger partial charge in [0.1, 0.15) is 5.75 Å². The Bertz CT molecular complexity index is 737. The van der Waals surface area contributed by atoms with Gasteiger partial charge in [0, 0.05) is 19.6 Å². The molecule has 2 aromatic carbocycles. The Labute approximate surface area is 167 Å². The lowest BCUT2D eigenvalue weighted by Gasteiger charge is -2.31. The van der Waals surface area contributed by atoms with Crippen molar-refractivity contribution in [2.45, 2.75) is 26.3 Å². The SMILES string of the molecule is CCc1ccc(OCC(=O)N[C@@H](CN2CCOCC2)c2ccc(C)cc2)cc1. The van der Waals surface area contributed by atoms with Gasteiger partial charge >= 0.3 is 0 Å². The van der Waals surface area contributed by atoms with E-state index in [2.05, 4.69) is 48.3 Å². The van der Waals surface area contributed by atoms with E-state index >= 15 is 0 Å². The van der Waals surface area contributed by atoms with Crippen LogP contribution in [0.15, 0.2) is 48.5 Å². The molecule has 0 bridgehead atoms. The summed E-state index contributed by atoms with van der Waals surface area (Å²) in [6.07, 6.45) is 0.987. The summed E-state index contributed by atoms with van der Waals surface area (Å²) < 4.78 is 11.1. The number of nitrogens with zero attached hydrogens (tertiary/aromatic N) is 1. The van der Waals surface area contributed by atoms with Crippen LogP contribution < -0.4 is 10.1 Å². The Morgan fingerprint density at radius 3 is 2.43 bits per heavy atom. The zero-order valence-electron chi connectivity index (χ0n) is 16.8. The second-order valence-electron chi connectivity index (χ2n) is 7.23. The van der Waals surface area contributed by atoms with E-state index in [1.807, 2.05) is 24.3 Å². The summed E-state index contributed by atoms with van der Waals surface area (Å²) in [5, 5.41) is 3.15. The van der Waals surface area contributed by atoms with Crippen molar-refractivity contribution in [1.82, 2.24) is 10.2 Å². The Morgan fingerprint density at radius 1 is 1.11 bits per heavy atom. The minimum atomic E-state index is -0.113. The van der Waals surface area contributed by atoms with E-state index < -0.39 is 0 Å². The normalized spacial score (nSPS) is 15.8. The Balaban J connectivity index is 1.60. The van der Waals surface area contributed by atoms with Gasteiger partial charge in [-0.15, -0.1) is 0 Å². The number of hydrogen-bond acceptors (Lipinski definition) is 4. The summed E-state index contributed by atoms with van der Waals surface area (Å²) in [5.74, 6) is 0.603. The molecular formula is C23H30N2O3. The molecule has 5 nitrogen and oxygen atoms in total. The summed E-state index contributed by atoms with van der Waals surface area (Å²) >= 11 is 0. The van der Waals surface area contributed by atoms with Gasteiger partial charge in [0.2, 0.25) is 0 Å². The predicted molar refractivity (Wildman–Crippen MR) is 111 cm³/mol. The third kappa shape index (κ3) is 6.08. The zero-order chi connectivity index (χ0) is 19.8. The zero-order valence-corrected chi connectivity index (χ0v) is 16.8. The number of morpholine rings is 1. The van der Waals surface area contributed by atoms with E-state index in [4.69, 9.17) is 9.47 Å². The molecule has 5 heteroatoms. The largest absolute Gasteiger partial charge is 0.484 e. The van der Waals surface area contributed by atoms with Gasteiger partial charge in [-0.25, -0.2) is 0 Å². The van der Waals surface area contributed by atoms with Gasteiger partial charge in [-0.2, -0.15) is 0 Å². The van der Waals surface area contributed by atoms with Crippen molar-refractivity contribution >= 4 is 5.91 Å². The van der Waals surface area contributed by atoms with Crippen LogP contribution in [0.2, 0.25) is 0 Å². The highest BCUT2D eigenvalue weighted by atomic mass is 16.5. The molecule has 1 amide bonds. The molecule has 1 atom stereocenters. The van der Waals surface area contributed by atoms with E-state index in [1.54, 1.807) is 0 Å². The van der Waals surface area contributed by atoms with Gasteiger partial charge < -0.3 is 14.8 Å². The number of hydrogen-bond donors (Lipinski definition) is 1. The van der Waals surface area contributed by atoms with Gasteiger partial charge in [-0.3, -0.25) is 9.69 Å². The van der Waals surface area contributed by atoms with E-state index in [0.29, 0.717) is 5.75 Å². The smallest absolute Gasteiger partial charge is 0.258 e. The van der Waals surface area contributed by atoms with Gasteiger partial charge in [0.15, 0.2) is 6.61 Å². The quantitative estimate of drug-likeness (QED) is 0.762. The average molecular weight is 383 g/mol. The first-order valence-corrected chi connectivity index (χ1v) is 10.0. The van der Waals surface area contributed by atoms with Crippen molar-refractivity contribution in [2.24, 2.45) is 0 Å². The molecule has 0 saturated carbocycles. The van der Waals surface area contributed by atoms with Crippen molar-refractivity contribution in [2.75, 3.05) is 39.5 Å². The molecule has 0 aromatic heterocycles. The average Bonchev–Trinajstić information content (AvgIpc) is 2.73. The highest BCUT2D eigenvalue weighted by molar-refractivity contribution is 5.78. The maximum absolute atomic E-state index is 12.6. The van der Waals surface area contributed by atoms with E-state index in [-0.39, 0.29) is 18.6 Å². The number of rotatable bonds is 8. The molecule has 1 saturated heterocycles. The van der Waals surface area contributed by atoms with Crippen LogP contribution in [0.1, 0.15) is 29.7 Å². The maximum Gasteiger partial charge on any atom is 0.258 e. The maximum atomic E-state index is 12.6. The summed E-state index contributed by atoms with van der Waals surface area (Å²) in [6.45, 7) is 8.22. The fourth-order valence-electron chi connectivity index (χ4n) is 3.28. The van der Waals surface area contributed by atoms with Crippen LogP contribution in [0.4, 0.5) is 0 Å². The summed E-state index contributed by atoms with van der Waals surface area (Å²) in [5.41, 5.74) is 3.57. The summed E-state index contributed by atoms with van der Waals surface area (Å²) in [7, 11) is 0. The van der Waals surface area contributed by atoms with Crippen molar-refractivity contribution in [3.63, 3.8) is 0 Å². The molecule has 3 rings (SSSR count). The predicted octanol–water partition coefficient (Wildman–Crippen LogP) is 3.13. The first kappa shape index (κ1) is 20.4. The number of ether oxygens (including phenoxy) is 2. The molecule has 1 aliphatic rings. The molecule has 0 spiro atoms. The Hall–Kier alpha value is -2.37. The van der Waals surface area contributed by atoms with Gasteiger partial charge in [-0.05, 0) is 36.6 Å². The summed E-state index contributed by atoms with van der Waals surface area (Å²) in [6, 6.07) is 16.2. The standard InChI is InChI=1S/C23H30N2O3/c1-3-19-6-10-21(11-7-19)28-17-23(26)24-22(16-25-12-14-27-15-13-25)20-8-4-18(2)5-9-20/h4-11,22H,3,12-17H2,1-2H3,(H,24,26)/t22-/m0/s1. The lowest BCUT2D eigenvalue weighted by Crippen LogP contribution is -2.44. The minimum absolute atomic E-state index is 0.0109. The fraction of sp³-hybridized carbons (Fsp3) is 0.435. The number of carbonyl (C=O) groups is 1. The van der Waals surface area contributed by atoms with Crippen LogP contribution in [-0.4, -0.2) is 50.3 Å². The molecule has 2 aromatic rings. The topological polar surface area (TPSA) is 50.8 Å². The van der Waals surface area contributed by atoms with Gasteiger partial charge in [-0.1, -0.05) is 48.9 Å². The first-order valence-electron chi connectivity index (χ1n) is 10.0. The van der Waals surface area contributed by atoms with E-state index in [9.17, 15) is 4.79 Å². The highest BCUT2D eigenvalue weighted by Gasteiger charge is 2.20. The van der Waals surface area contributed by atoms with Crippen LogP contribution in [0.5, 0.6) is 5.75 Å². The minimum Gasteiger partial charge on any atom is -0.484 e. The Morgan fingerprint density at radius 2 is 1.79 bits per heavy atom. The molecule has 1 aliphatic heterocycles. The lowest BCUT2D eigenvalue weighted by atomic mass is 10.0. The second kappa shape index (κ2) is 10.2. The molecule has 28 heavy (non-hydrogen) atoms. The lowest BCUT2D eigenvalue weighted by molar-refractivity contribution is -0.124. The van der Waals surface area contributed by atoms with Gasteiger partial charge in [0.25, 0.3) is 5.91 Å². The van der Waals surface area contributed by atoms with Gasteiger partial charge in [0.05, 0.1) is 19.3 Å². The molecule has 1 fully saturated rings. The Kier molecular flexibility index (Phi) is 7.46. The number of nitrogens with one attached hydrogen (secondary N) is 1. The summed E-state index contributed by atoms with van der Waals surface area (Å²) in [4.78, 5) is 14.9. The number of aryl methyl sites for hydroxylation is 2. The van der Waals surface area contributed by atoms with Crippen LogP contribution in [0, 0.1) is 6.92 Å². The van der Waals surface area contributed by atoms with Crippen molar-refractivity contribution in [1.29, 1.82) is 0 Å². The molecule has 1 N–H and O–H groups in total. The van der Waals surface area contributed by atoms with Crippen molar-refractivity contribution in [3.8, 4) is 5.75 Å². The fourth-order valence-corrected chi connectivity index (χ4v) is 3.28.